The number of aryl methyl sites for hydroxylation is 2. The van der Waals surface area contributed by atoms with Crippen LogP contribution in [0.15, 0.2) is 24.3 Å². The number of aromatic nitrogens is 2. The van der Waals surface area contributed by atoms with Crippen LogP contribution in [0.3, 0.4) is 0 Å². The molecule has 0 saturated carbocycles. The number of rotatable bonds is 0. The van der Waals surface area contributed by atoms with E-state index in [0.717, 1.165) is 35.3 Å². The summed E-state index contributed by atoms with van der Waals surface area (Å²) >= 11 is 0. The van der Waals surface area contributed by atoms with Gasteiger partial charge in [-0.2, -0.15) is 0 Å². The summed E-state index contributed by atoms with van der Waals surface area (Å²) in [6, 6.07) is 6.26. The molecule has 0 N–H and O–H groups in total. The number of nitrogens with zero attached hydrogens (tertiary/aromatic N) is 2. The lowest BCUT2D eigenvalue weighted by Gasteiger charge is -2.06. The van der Waals surface area contributed by atoms with Gasteiger partial charge in [-0.1, -0.05) is 19.1 Å². The van der Waals surface area contributed by atoms with Gasteiger partial charge < -0.3 is 0 Å². The van der Waals surface area contributed by atoms with Gasteiger partial charge in [0.25, 0.3) is 0 Å². The second-order valence-corrected chi connectivity index (χ2v) is 4.92. The molecule has 3 rings (SSSR count). The Labute approximate surface area is 101 Å². The van der Waals surface area contributed by atoms with Gasteiger partial charge in [0.15, 0.2) is 0 Å². The minimum atomic E-state index is 0.621. The Morgan fingerprint density at radius 2 is 2.06 bits per heavy atom. The molecule has 0 bridgehead atoms. The van der Waals surface area contributed by atoms with E-state index < -0.39 is 0 Å². The largest absolute Gasteiger partial charge is 0.249 e. The Balaban J connectivity index is 2.20. The number of benzene rings is 1. The van der Waals surface area contributed by atoms with E-state index in [4.69, 9.17) is 9.97 Å². The van der Waals surface area contributed by atoms with Crippen LogP contribution < -0.4 is 0 Å². The Morgan fingerprint density at radius 1 is 1.18 bits per heavy atom. The van der Waals surface area contributed by atoms with Gasteiger partial charge in [0, 0.05) is 0 Å². The van der Waals surface area contributed by atoms with Crippen LogP contribution in [0.4, 0.5) is 0 Å². The van der Waals surface area contributed by atoms with E-state index in [2.05, 4.69) is 44.2 Å². The highest BCUT2D eigenvalue weighted by molar-refractivity contribution is 5.76. The van der Waals surface area contributed by atoms with E-state index in [9.17, 15) is 0 Å². The smallest absolute Gasteiger partial charge is 0.0896 e. The minimum absolute atomic E-state index is 0.621. The van der Waals surface area contributed by atoms with Gasteiger partial charge in [0.05, 0.1) is 22.4 Å². The highest BCUT2D eigenvalue weighted by Crippen LogP contribution is 2.22. The molecule has 17 heavy (non-hydrogen) atoms. The van der Waals surface area contributed by atoms with E-state index >= 15 is 0 Å². The van der Waals surface area contributed by atoms with E-state index in [1.54, 1.807) is 0 Å². The lowest BCUT2D eigenvalue weighted by Crippen LogP contribution is -1.98. The summed E-state index contributed by atoms with van der Waals surface area (Å²) in [5.74, 6) is 0.621. The summed E-state index contributed by atoms with van der Waals surface area (Å²) < 4.78 is 0. The SMILES string of the molecule is Cc1ccc2nc3c(nc2c1)C=CC(C)CC3. The van der Waals surface area contributed by atoms with E-state index in [1.165, 1.54) is 5.56 Å². The van der Waals surface area contributed by atoms with Crippen molar-refractivity contribution < 1.29 is 0 Å². The van der Waals surface area contributed by atoms with Crippen molar-refractivity contribution in [3.05, 3.63) is 41.2 Å². The predicted octanol–water partition coefficient (Wildman–Crippen LogP) is 3.53. The highest BCUT2D eigenvalue weighted by atomic mass is 14.8. The van der Waals surface area contributed by atoms with Gasteiger partial charge in [-0.3, -0.25) is 0 Å². The van der Waals surface area contributed by atoms with Crippen LogP contribution in [0.5, 0.6) is 0 Å². The molecule has 0 amide bonds. The fraction of sp³-hybridized carbons (Fsp3) is 0.333. The molecule has 1 atom stereocenters. The first kappa shape index (κ1) is 10.5. The van der Waals surface area contributed by atoms with E-state index in [1.807, 2.05) is 0 Å². The lowest BCUT2D eigenvalue weighted by molar-refractivity contribution is 0.648. The summed E-state index contributed by atoms with van der Waals surface area (Å²) in [5, 5.41) is 0. The van der Waals surface area contributed by atoms with E-state index in [0.29, 0.717) is 5.92 Å². The number of allylic oxidation sites excluding steroid dienone is 1. The summed E-state index contributed by atoms with van der Waals surface area (Å²) in [6.07, 6.45) is 6.56. The van der Waals surface area contributed by atoms with Crippen molar-refractivity contribution in [1.29, 1.82) is 0 Å². The fourth-order valence-electron chi connectivity index (χ4n) is 2.25. The molecule has 1 aliphatic rings. The topological polar surface area (TPSA) is 25.8 Å². The summed E-state index contributed by atoms with van der Waals surface area (Å²) in [6.45, 7) is 4.33. The van der Waals surface area contributed by atoms with Gasteiger partial charge in [-0.05, 0) is 49.5 Å². The predicted molar refractivity (Wildman–Crippen MR) is 70.8 cm³/mol. The molecule has 2 nitrogen and oxygen atoms in total. The molecule has 2 aromatic rings. The minimum Gasteiger partial charge on any atom is -0.249 e. The zero-order valence-corrected chi connectivity index (χ0v) is 10.3. The molecule has 0 spiro atoms. The molecule has 1 unspecified atom stereocenters. The van der Waals surface area contributed by atoms with Crippen molar-refractivity contribution in [3.8, 4) is 0 Å². The van der Waals surface area contributed by atoms with Crippen molar-refractivity contribution in [1.82, 2.24) is 9.97 Å². The molecule has 2 heteroatoms. The number of fused-ring (bicyclic) bond motifs is 2. The van der Waals surface area contributed by atoms with Crippen LogP contribution in [0.2, 0.25) is 0 Å². The fourth-order valence-corrected chi connectivity index (χ4v) is 2.25. The van der Waals surface area contributed by atoms with Crippen LogP contribution >= 0.6 is 0 Å². The average molecular weight is 224 g/mol. The van der Waals surface area contributed by atoms with Crippen molar-refractivity contribution in [2.45, 2.75) is 26.7 Å². The summed E-state index contributed by atoms with van der Waals surface area (Å²) in [7, 11) is 0. The first-order valence-electron chi connectivity index (χ1n) is 6.18. The molecule has 0 fully saturated rings. The van der Waals surface area contributed by atoms with Crippen molar-refractivity contribution in [3.63, 3.8) is 0 Å². The van der Waals surface area contributed by atoms with Crippen molar-refractivity contribution >= 4 is 17.1 Å². The molecule has 0 aliphatic heterocycles. The van der Waals surface area contributed by atoms with Crippen LogP contribution in [-0.2, 0) is 6.42 Å². The molecule has 1 heterocycles. The zero-order valence-electron chi connectivity index (χ0n) is 10.3. The van der Waals surface area contributed by atoms with Crippen LogP contribution in [0.25, 0.3) is 17.1 Å². The van der Waals surface area contributed by atoms with Crippen LogP contribution in [-0.4, -0.2) is 9.97 Å². The zero-order chi connectivity index (χ0) is 11.8. The molecular weight excluding hydrogens is 208 g/mol. The third-order valence-corrected chi connectivity index (χ3v) is 3.34. The van der Waals surface area contributed by atoms with Crippen LogP contribution in [0.1, 0.15) is 30.3 Å². The van der Waals surface area contributed by atoms with Gasteiger partial charge in [0.1, 0.15) is 0 Å². The number of hydrogen-bond donors (Lipinski definition) is 0. The summed E-state index contributed by atoms with van der Waals surface area (Å²) in [5.41, 5.74) is 5.44. The monoisotopic (exact) mass is 224 g/mol. The maximum Gasteiger partial charge on any atom is 0.0896 e. The Morgan fingerprint density at radius 3 is 2.94 bits per heavy atom. The Bertz CT molecular complexity index is 599. The molecular formula is C15H16N2. The third kappa shape index (κ3) is 1.95. The molecule has 1 aromatic heterocycles. The summed E-state index contributed by atoms with van der Waals surface area (Å²) in [4.78, 5) is 9.46. The van der Waals surface area contributed by atoms with E-state index in [-0.39, 0.29) is 0 Å². The third-order valence-electron chi connectivity index (χ3n) is 3.34. The maximum atomic E-state index is 4.74. The second kappa shape index (κ2) is 3.95. The Kier molecular flexibility index (Phi) is 2.43. The standard InChI is InChI=1S/C15H16N2/c1-10-3-6-12-13(7-4-10)17-15-9-11(2)5-8-14(15)16-12/h4-5,7-10H,3,6H2,1-2H3. The Hall–Kier alpha value is -1.70. The van der Waals surface area contributed by atoms with Gasteiger partial charge in [0.2, 0.25) is 0 Å². The molecule has 86 valence electrons. The van der Waals surface area contributed by atoms with Crippen molar-refractivity contribution in [2.24, 2.45) is 5.92 Å². The molecule has 1 aromatic carbocycles. The normalized spacial score (nSPS) is 19.1. The molecule has 0 saturated heterocycles. The molecule has 0 radical (unpaired) electrons. The van der Waals surface area contributed by atoms with Gasteiger partial charge >= 0.3 is 0 Å². The second-order valence-electron chi connectivity index (χ2n) is 4.92. The van der Waals surface area contributed by atoms with Gasteiger partial charge in [-0.15, -0.1) is 0 Å². The number of hydrogen-bond acceptors (Lipinski definition) is 2. The molecule has 1 aliphatic carbocycles. The van der Waals surface area contributed by atoms with Gasteiger partial charge in [-0.25, -0.2) is 9.97 Å². The highest BCUT2D eigenvalue weighted by Gasteiger charge is 2.11. The van der Waals surface area contributed by atoms with Crippen molar-refractivity contribution in [2.75, 3.05) is 0 Å². The quantitative estimate of drug-likeness (QED) is 0.684. The van der Waals surface area contributed by atoms with Crippen LogP contribution in [0, 0.1) is 12.8 Å². The average Bonchev–Trinajstić information content (AvgIpc) is 2.49. The first-order valence-corrected chi connectivity index (χ1v) is 6.18. The maximum absolute atomic E-state index is 4.74. The first-order chi connectivity index (χ1) is 8.22. The lowest BCUT2D eigenvalue weighted by atomic mass is 10.1.